The summed E-state index contributed by atoms with van der Waals surface area (Å²) in [6.07, 6.45) is 1.94. The second-order valence-electron chi connectivity index (χ2n) is 3.49. The van der Waals surface area contributed by atoms with Gasteiger partial charge >= 0.3 is 0 Å². The van der Waals surface area contributed by atoms with Crippen molar-refractivity contribution in [3.8, 4) is 23.4 Å². The normalized spacial score (nSPS) is 10.7. The smallest absolute Gasteiger partial charge is 0.165 e. The molecule has 4 heteroatoms. The zero-order chi connectivity index (χ0) is 13.0. The van der Waals surface area contributed by atoms with Crippen LogP contribution in [0.1, 0.15) is 6.92 Å². The van der Waals surface area contributed by atoms with E-state index in [0.717, 1.165) is 15.8 Å². The van der Waals surface area contributed by atoms with Crippen molar-refractivity contribution >= 4 is 23.0 Å². The highest BCUT2D eigenvalue weighted by Crippen LogP contribution is 2.12. The van der Waals surface area contributed by atoms with Crippen LogP contribution in [-0.4, -0.2) is 4.98 Å². The van der Waals surface area contributed by atoms with E-state index in [1.807, 2.05) is 55.5 Å². The summed E-state index contributed by atoms with van der Waals surface area (Å²) in [5.41, 5.74) is 1.87. The maximum Gasteiger partial charge on any atom is 0.165 e. The van der Waals surface area contributed by atoms with Crippen LogP contribution in [0.2, 0.25) is 0 Å². The van der Waals surface area contributed by atoms with Crippen LogP contribution in [0.25, 0.3) is 22.9 Å². The Labute approximate surface area is 109 Å². The predicted molar refractivity (Wildman–Crippen MR) is 71.6 cm³/mol. The molecule has 2 aromatic rings. The van der Waals surface area contributed by atoms with E-state index < -0.39 is 0 Å². The number of benzene rings is 1. The Morgan fingerprint density at radius 2 is 1.89 bits per heavy atom. The van der Waals surface area contributed by atoms with E-state index in [2.05, 4.69) is 4.98 Å². The van der Waals surface area contributed by atoms with E-state index in [1.165, 1.54) is 11.3 Å². The van der Waals surface area contributed by atoms with Crippen molar-refractivity contribution in [3.05, 3.63) is 39.5 Å². The van der Waals surface area contributed by atoms with Crippen molar-refractivity contribution in [2.24, 2.45) is 0 Å². The summed E-state index contributed by atoms with van der Waals surface area (Å²) >= 11 is 1.36. The molecule has 0 unspecified atom stereocenters. The molecule has 0 aliphatic carbocycles. The van der Waals surface area contributed by atoms with E-state index >= 15 is 0 Å². The van der Waals surface area contributed by atoms with Gasteiger partial charge in [-0.2, -0.15) is 10.5 Å². The topological polar surface area (TPSA) is 60.5 Å². The summed E-state index contributed by atoms with van der Waals surface area (Å²) < 4.78 is 1.45. The predicted octanol–water partition coefficient (Wildman–Crippen LogP) is 1.81. The number of rotatable bonds is 1. The molecule has 0 saturated carbocycles. The Kier molecular flexibility index (Phi) is 3.52. The number of nitriles is 2. The third-order valence-electron chi connectivity index (χ3n) is 2.40. The first kappa shape index (κ1) is 12.0. The molecular formula is C14H9N3S. The lowest BCUT2D eigenvalue weighted by atomic mass is 10.1. The van der Waals surface area contributed by atoms with E-state index in [4.69, 9.17) is 10.5 Å². The quantitative estimate of drug-likeness (QED) is 0.776. The standard InChI is InChI=1S/C14H9N3S/c1-2-12-13(10-6-4-3-5-7-10)17-14(18-12)11(8-15)9-16/h2-7H,1H3/b12-2-. The minimum Gasteiger partial charge on any atom is -0.234 e. The highest BCUT2D eigenvalue weighted by atomic mass is 32.1. The number of thiazole rings is 1. The van der Waals surface area contributed by atoms with Gasteiger partial charge in [-0.1, -0.05) is 36.4 Å². The summed E-state index contributed by atoms with van der Waals surface area (Å²) in [6.45, 7) is 1.92. The van der Waals surface area contributed by atoms with Gasteiger partial charge < -0.3 is 0 Å². The first-order valence-electron chi connectivity index (χ1n) is 5.33. The van der Waals surface area contributed by atoms with Gasteiger partial charge in [-0.05, 0) is 6.92 Å². The van der Waals surface area contributed by atoms with Gasteiger partial charge in [-0.15, -0.1) is 11.3 Å². The van der Waals surface area contributed by atoms with Crippen molar-refractivity contribution in [1.29, 1.82) is 10.5 Å². The van der Waals surface area contributed by atoms with Crippen molar-refractivity contribution in [1.82, 2.24) is 4.98 Å². The minimum atomic E-state index is 0.0604. The number of aromatic nitrogens is 1. The molecule has 0 N–H and O–H groups in total. The third kappa shape index (κ3) is 2.15. The van der Waals surface area contributed by atoms with Gasteiger partial charge in [0.25, 0.3) is 0 Å². The average molecular weight is 251 g/mol. The van der Waals surface area contributed by atoms with Crippen molar-refractivity contribution in [3.63, 3.8) is 0 Å². The summed E-state index contributed by atoms with van der Waals surface area (Å²) in [5, 5.41) is 17.7. The lowest BCUT2D eigenvalue weighted by Crippen LogP contribution is -2.01. The van der Waals surface area contributed by atoms with Crippen LogP contribution >= 0.6 is 11.3 Å². The molecule has 2 rings (SSSR count). The van der Waals surface area contributed by atoms with Gasteiger partial charge in [0.05, 0.1) is 10.2 Å². The van der Waals surface area contributed by atoms with Gasteiger partial charge in [-0.25, -0.2) is 4.98 Å². The molecule has 1 aromatic carbocycles. The molecular weight excluding hydrogens is 242 g/mol. The van der Waals surface area contributed by atoms with Crippen LogP contribution in [0.4, 0.5) is 0 Å². The molecule has 0 saturated heterocycles. The van der Waals surface area contributed by atoms with Crippen LogP contribution in [0.3, 0.4) is 0 Å². The third-order valence-corrected chi connectivity index (χ3v) is 3.54. The first-order chi connectivity index (χ1) is 8.80. The number of hydrogen-bond acceptors (Lipinski definition) is 4. The largest absolute Gasteiger partial charge is 0.234 e. The SMILES string of the molecule is C/C=c1\sc(=C(C#N)C#N)nc1-c1ccccc1. The van der Waals surface area contributed by atoms with Gasteiger partial charge in [0, 0.05) is 5.56 Å². The summed E-state index contributed by atoms with van der Waals surface area (Å²) in [4.78, 5) is 4.40. The van der Waals surface area contributed by atoms with Gasteiger partial charge in [0.2, 0.25) is 0 Å². The Morgan fingerprint density at radius 3 is 2.44 bits per heavy atom. The lowest BCUT2D eigenvalue weighted by molar-refractivity contribution is 1.33. The van der Waals surface area contributed by atoms with E-state index in [-0.39, 0.29) is 5.57 Å². The van der Waals surface area contributed by atoms with Crippen molar-refractivity contribution in [2.75, 3.05) is 0 Å². The molecule has 0 bridgehead atoms. The fourth-order valence-electron chi connectivity index (χ4n) is 1.56. The molecule has 18 heavy (non-hydrogen) atoms. The van der Waals surface area contributed by atoms with E-state index in [0.29, 0.717) is 4.66 Å². The maximum atomic E-state index is 8.87. The van der Waals surface area contributed by atoms with Crippen molar-refractivity contribution < 1.29 is 0 Å². The molecule has 0 aliphatic heterocycles. The second-order valence-corrected chi connectivity index (χ2v) is 4.52. The zero-order valence-electron chi connectivity index (χ0n) is 9.71. The molecule has 0 spiro atoms. The van der Waals surface area contributed by atoms with Gasteiger partial charge in [-0.3, -0.25) is 0 Å². The molecule has 1 aromatic heterocycles. The highest BCUT2D eigenvalue weighted by molar-refractivity contribution is 7.07. The number of nitrogens with zero attached hydrogens (tertiary/aromatic N) is 3. The van der Waals surface area contributed by atoms with Crippen LogP contribution < -0.4 is 9.20 Å². The van der Waals surface area contributed by atoms with Crippen molar-refractivity contribution in [2.45, 2.75) is 6.92 Å². The van der Waals surface area contributed by atoms with E-state index in [1.54, 1.807) is 0 Å². The molecule has 0 atom stereocenters. The molecule has 3 nitrogen and oxygen atoms in total. The Morgan fingerprint density at radius 1 is 1.22 bits per heavy atom. The van der Waals surface area contributed by atoms with Crippen LogP contribution in [0.5, 0.6) is 0 Å². The minimum absolute atomic E-state index is 0.0604. The van der Waals surface area contributed by atoms with Crippen LogP contribution in [0.15, 0.2) is 30.3 Å². The van der Waals surface area contributed by atoms with Gasteiger partial charge in [0.1, 0.15) is 16.8 Å². The fourth-order valence-corrected chi connectivity index (χ4v) is 2.47. The molecule has 86 valence electrons. The lowest BCUT2D eigenvalue weighted by Gasteiger charge is -1.94. The summed E-state index contributed by atoms with van der Waals surface area (Å²) in [6, 6.07) is 13.5. The fraction of sp³-hybridized carbons (Fsp3) is 0.0714. The van der Waals surface area contributed by atoms with Crippen LogP contribution in [0, 0.1) is 22.7 Å². The van der Waals surface area contributed by atoms with E-state index in [9.17, 15) is 0 Å². The van der Waals surface area contributed by atoms with Crippen LogP contribution in [-0.2, 0) is 0 Å². The highest BCUT2D eigenvalue weighted by Gasteiger charge is 2.06. The Hall–Kier alpha value is -2.43. The molecule has 1 heterocycles. The Balaban J connectivity index is 2.78. The maximum absolute atomic E-state index is 8.87. The first-order valence-corrected chi connectivity index (χ1v) is 6.15. The summed E-state index contributed by atoms with van der Waals surface area (Å²) in [7, 11) is 0. The molecule has 0 fully saturated rings. The monoisotopic (exact) mass is 251 g/mol. The number of hydrogen-bond donors (Lipinski definition) is 0. The average Bonchev–Trinajstić information content (AvgIpc) is 2.85. The Bertz CT molecular complexity index is 742. The second kappa shape index (κ2) is 5.27. The molecule has 0 aliphatic rings. The van der Waals surface area contributed by atoms with Gasteiger partial charge in [0.15, 0.2) is 5.57 Å². The molecule has 0 radical (unpaired) electrons. The molecule has 0 amide bonds. The zero-order valence-corrected chi connectivity index (χ0v) is 10.5. The summed E-state index contributed by atoms with van der Waals surface area (Å²) in [5.74, 6) is 0.